The second kappa shape index (κ2) is 7.58. The number of nitrogens with two attached hydrogens (primary N) is 1. The molecule has 0 spiro atoms. The number of hydrogen-bond acceptors (Lipinski definition) is 3. The van der Waals surface area contributed by atoms with Crippen molar-refractivity contribution in [1.29, 1.82) is 0 Å². The Labute approximate surface area is 134 Å². The molecule has 1 aliphatic heterocycles. The van der Waals surface area contributed by atoms with Gasteiger partial charge in [0.25, 0.3) is 0 Å². The largest absolute Gasteiger partial charge is 0.328 e. The number of sulfonamides is 1. The molecule has 21 heavy (non-hydrogen) atoms. The van der Waals surface area contributed by atoms with Crippen LogP contribution in [0.2, 0.25) is 0 Å². The summed E-state index contributed by atoms with van der Waals surface area (Å²) in [4.78, 5) is 0.389. The van der Waals surface area contributed by atoms with Crippen LogP contribution in [0.3, 0.4) is 0 Å². The van der Waals surface area contributed by atoms with Crippen molar-refractivity contribution in [2.45, 2.75) is 50.0 Å². The van der Waals surface area contributed by atoms with Crippen LogP contribution >= 0.6 is 12.4 Å². The molecule has 1 unspecified atom stereocenters. The van der Waals surface area contributed by atoms with E-state index < -0.39 is 10.0 Å². The Morgan fingerprint density at radius 3 is 2.24 bits per heavy atom. The number of halogens is 1. The molecule has 0 aliphatic carbocycles. The van der Waals surface area contributed by atoms with Crippen molar-refractivity contribution in [3.8, 4) is 0 Å². The topological polar surface area (TPSA) is 63.4 Å². The molecule has 0 amide bonds. The quantitative estimate of drug-likeness (QED) is 0.922. The molecule has 6 heteroatoms. The summed E-state index contributed by atoms with van der Waals surface area (Å²) < 4.78 is 26.6. The number of rotatable bonds is 4. The highest BCUT2D eigenvalue weighted by molar-refractivity contribution is 7.89. The van der Waals surface area contributed by atoms with Crippen molar-refractivity contribution in [2.24, 2.45) is 5.73 Å². The molecule has 0 bridgehead atoms. The first kappa shape index (κ1) is 18.4. The second-order valence-electron chi connectivity index (χ2n) is 5.62. The molecule has 1 aromatic carbocycles. The maximum Gasteiger partial charge on any atom is 0.243 e. The molecule has 1 atom stereocenters. The van der Waals surface area contributed by atoms with Gasteiger partial charge in [-0.05, 0) is 42.9 Å². The van der Waals surface area contributed by atoms with Gasteiger partial charge in [0.05, 0.1) is 4.90 Å². The molecule has 1 fully saturated rings. The zero-order chi connectivity index (χ0) is 14.8. The Morgan fingerprint density at radius 1 is 1.24 bits per heavy atom. The smallest absolute Gasteiger partial charge is 0.243 e. The van der Waals surface area contributed by atoms with Crippen molar-refractivity contribution in [3.05, 3.63) is 29.8 Å². The summed E-state index contributed by atoms with van der Waals surface area (Å²) >= 11 is 0. The lowest BCUT2D eigenvalue weighted by Crippen LogP contribution is -2.42. The van der Waals surface area contributed by atoms with Gasteiger partial charge in [-0.2, -0.15) is 4.31 Å². The van der Waals surface area contributed by atoms with E-state index in [0.29, 0.717) is 23.9 Å². The molecule has 4 nitrogen and oxygen atoms in total. The lowest BCUT2D eigenvalue weighted by Gasteiger charge is -2.29. The molecule has 0 radical (unpaired) electrons. The maximum atomic E-state index is 12.5. The van der Waals surface area contributed by atoms with E-state index >= 15 is 0 Å². The Bertz CT molecular complexity index is 537. The molecule has 1 aromatic rings. The SMILES string of the molecule is CCC(C)c1ccc(S(=O)(=O)N2CCC(N)CC2)cc1.Cl. The summed E-state index contributed by atoms with van der Waals surface area (Å²) in [6, 6.07) is 7.44. The average Bonchev–Trinajstić information content (AvgIpc) is 2.47. The minimum absolute atomic E-state index is 0. The third kappa shape index (κ3) is 4.19. The summed E-state index contributed by atoms with van der Waals surface area (Å²) in [6.07, 6.45) is 2.53. The first-order valence-corrected chi connectivity index (χ1v) is 8.75. The van der Waals surface area contributed by atoms with E-state index in [9.17, 15) is 8.42 Å². The summed E-state index contributed by atoms with van der Waals surface area (Å²) in [5.74, 6) is 0.458. The first-order chi connectivity index (χ1) is 9.45. The van der Waals surface area contributed by atoms with Crippen LogP contribution in [-0.4, -0.2) is 31.9 Å². The highest BCUT2D eigenvalue weighted by Crippen LogP contribution is 2.24. The molecule has 1 aliphatic rings. The predicted octanol–water partition coefficient (Wildman–Crippen LogP) is 2.73. The third-order valence-electron chi connectivity index (χ3n) is 4.20. The molecular weight excluding hydrogens is 308 g/mol. The van der Waals surface area contributed by atoms with Crippen LogP contribution in [0.25, 0.3) is 0 Å². The molecule has 2 rings (SSSR count). The van der Waals surface area contributed by atoms with Gasteiger partial charge in [0.2, 0.25) is 10.0 Å². The molecule has 2 N–H and O–H groups in total. The molecule has 0 saturated carbocycles. The zero-order valence-electron chi connectivity index (χ0n) is 12.7. The van der Waals surface area contributed by atoms with E-state index in [0.717, 1.165) is 19.3 Å². The van der Waals surface area contributed by atoms with Crippen LogP contribution in [0.4, 0.5) is 0 Å². The van der Waals surface area contributed by atoms with Gasteiger partial charge < -0.3 is 5.73 Å². The molecule has 0 aromatic heterocycles. The fraction of sp³-hybridized carbons (Fsp3) is 0.600. The van der Waals surface area contributed by atoms with Crippen molar-refractivity contribution in [3.63, 3.8) is 0 Å². The summed E-state index contributed by atoms with van der Waals surface area (Å²) in [6.45, 7) is 5.33. The summed E-state index contributed by atoms with van der Waals surface area (Å²) in [5, 5.41) is 0. The van der Waals surface area contributed by atoms with Crippen LogP contribution in [0.1, 0.15) is 44.6 Å². The van der Waals surface area contributed by atoms with Crippen molar-refractivity contribution in [2.75, 3.05) is 13.1 Å². The molecule has 1 heterocycles. The Hall–Kier alpha value is -0.620. The van der Waals surface area contributed by atoms with Gasteiger partial charge in [-0.25, -0.2) is 8.42 Å². The summed E-state index contributed by atoms with van der Waals surface area (Å²) in [7, 11) is -3.36. The Balaban J connectivity index is 0.00000220. The molecular formula is C15H25ClN2O2S. The number of nitrogens with zero attached hydrogens (tertiary/aromatic N) is 1. The standard InChI is InChI=1S/C15H24N2O2S.ClH/c1-3-12(2)13-4-6-15(7-5-13)20(18,19)17-10-8-14(16)9-11-17;/h4-7,12,14H,3,8-11,16H2,1-2H3;1H. The number of benzene rings is 1. The van der Waals surface area contributed by atoms with Crippen molar-refractivity contribution < 1.29 is 8.42 Å². The first-order valence-electron chi connectivity index (χ1n) is 7.31. The van der Waals surface area contributed by atoms with Gasteiger partial charge >= 0.3 is 0 Å². The van der Waals surface area contributed by atoms with Gasteiger partial charge in [0, 0.05) is 19.1 Å². The van der Waals surface area contributed by atoms with Gasteiger partial charge in [0.15, 0.2) is 0 Å². The highest BCUT2D eigenvalue weighted by Gasteiger charge is 2.28. The molecule has 1 saturated heterocycles. The van der Waals surface area contributed by atoms with Gasteiger partial charge in [-0.3, -0.25) is 0 Å². The lowest BCUT2D eigenvalue weighted by molar-refractivity contribution is 0.320. The van der Waals surface area contributed by atoms with E-state index in [1.807, 2.05) is 12.1 Å². The Kier molecular flexibility index (Phi) is 6.66. The highest BCUT2D eigenvalue weighted by atomic mass is 35.5. The van der Waals surface area contributed by atoms with Gasteiger partial charge in [-0.1, -0.05) is 26.0 Å². The molecule has 120 valence electrons. The predicted molar refractivity (Wildman–Crippen MR) is 88.4 cm³/mol. The van der Waals surface area contributed by atoms with Crippen LogP contribution in [0, 0.1) is 0 Å². The maximum absolute atomic E-state index is 12.5. The van der Waals surface area contributed by atoms with Crippen LogP contribution in [0.15, 0.2) is 29.2 Å². The normalized spacial score (nSPS) is 19.0. The zero-order valence-corrected chi connectivity index (χ0v) is 14.3. The summed E-state index contributed by atoms with van der Waals surface area (Å²) in [5.41, 5.74) is 7.01. The lowest BCUT2D eigenvalue weighted by atomic mass is 9.99. The number of piperidine rings is 1. The third-order valence-corrected chi connectivity index (χ3v) is 6.11. The van der Waals surface area contributed by atoms with Crippen LogP contribution in [0.5, 0.6) is 0 Å². The van der Waals surface area contributed by atoms with Gasteiger partial charge in [-0.15, -0.1) is 12.4 Å². The minimum Gasteiger partial charge on any atom is -0.328 e. The van der Waals surface area contributed by atoms with Crippen molar-refractivity contribution in [1.82, 2.24) is 4.31 Å². The monoisotopic (exact) mass is 332 g/mol. The number of hydrogen-bond donors (Lipinski definition) is 1. The fourth-order valence-corrected chi connectivity index (χ4v) is 3.94. The Morgan fingerprint density at radius 2 is 1.76 bits per heavy atom. The van der Waals surface area contributed by atoms with E-state index in [1.54, 1.807) is 16.4 Å². The van der Waals surface area contributed by atoms with E-state index in [-0.39, 0.29) is 18.4 Å². The van der Waals surface area contributed by atoms with E-state index in [4.69, 9.17) is 5.73 Å². The van der Waals surface area contributed by atoms with E-state index in [2.05, 4.69) is 13.8 Å². The fourth-order valence-electron chi connectivity index (χ4n) is 2.47. The second-order valence-corrected chi connectivity index (χ2v) is 7.56. The van der Waals surface area contributed by atoms with Crippen LogP contribution < -0.4 is 5.73 Å². The average molecular weight is 333 g/mol. The van der Waals surface area contributed by atoms with Crippen LogP contribution in [-0.2, 0) is 10.0 Å². The van der Waals surface area contributed by atoms with Gasteiger partial charge in [0.1, 0.15) is 0 Å². The van der Waals surface area contributed by atoms with E-state index in [1.165, 1.54) is 5.56 Å². The van der Waals surface area contributed by atoms with Crippen molar-refractivity contribution >= 4 is 22.4 Å². The minimum atomic E-state index is -3.36.